The van der Waals surface area contributed by atoms with Crippen LogP contribution in [0.4, 0.5) is 4.39 Å². The summed E-state index contributed by atoms with van der Waals surface area (Å²) in [6.45, 7) is 0.601. The standard InChI is InChI=1S/C9H15FN2O/c10-3-6-13-7-9(8-1-2-8)12-5-4-11/h8-9,12H,1-3,5-7H2/t9-/m0/s1. The highest BCUT2D eigenvalue weighted by Crippen LogP contribution is 2.32. The predicted octanol–water partition coefficient (Wildman–Crippen LogP) is 0.864. The fourth-order valence-electron chi connectivity index (χ4n) is 1.30. The maximum Gasteiger partial charge on any atom is 0.113 e. The van der Waals surface area contributed by atoms with E-state index in [1.165, 1.54) is 12.8 Å². The van der Waals surface area contributed by atoms with Crippen molar-refractivity contribution < 1.29 is 9.13 Å². The highest BCUT2D eigenvalue weighted by molar-refractivity contribution is 4.88. The second-order valence-electron chi connectivity index (χ2n) is 3.25. The summed E-state index contributed by atoms with van der Waals surface area (Å²) < 4.78 is 16.8. The van der Waals surface area contributed by atoms with Crippen LogP contribution in [0.2, 0.25) is 0 Å². The zero-order valence-electron chi connectivity index (χ0n) is 7.63. The molecule has 74 valence electrons. The summed E-state index contributed by atoms with van der Waals surface area (Å²) >= 11 is 0. The molecule has 0 aliphatic heterocycles. The Labute approximate surface area is 77.9 Å². The molecule has 0 aromatic heterocycles. The first kappa shape index (κ1) is 10.4. The Kier molecular flexibility index (Phi) is 4.73. The minimum Gasteiger partial charge on any atom is -0.377 e. The van der Waals surface area contributed by atoms with Crippen LogP contribution in [0.25, 0.3) is 0 Å². The summed E-state index contributed by atoms with van der Waals surface area (Å²) in [5.74, 6) is 0.632. The maximum atomic E-state index is 11.7. The zero-order valence-corrected chi connectivity index (χ0v) is 7.63. The van der Waals surface area contributed by atoms with Crippen molar-refractivity contribution in [3.63, 3.8) is 0 Å². The molecule has 1 N–H and O–H groups in total. The first-order valence-electron chi connectivity index (χ1n) is 4.62. The number of nitrogens with zero attached hydrogens (tertiary/aromatic N) is 1. The molecule has 1 aliphatic carbocycles. The molecule has 4 heteroatoms. The molecule has 0 aromatic carbocycles. The average molecular weight is 186 g/mol. The predicted molar refractivity (Wildman–Crippen MR) is 46.9 cm³/mol. The van der Waals surface area contributed by atoms with E-state index >= 15 is 0 Å². The number of halogens is 1. The van der Waals surface area contributed by atoms with Crippen LogP contribution in [-0.2, 0) is 4.74 Å². The molecule has 0 amide bonds. The normalized spacial score (nSPS) is 18.2. The van der Waals surface area contributed by atoms with E-state index in [1.54, 1.807) is 0 Å². The molecule has 0 saturated heterocycles. The Morgan fingerprint density at radius 3 is 2.92 bits per heavy atom. The zero-order chi connectivity index (χ0) is 9.52. The Balaban J connectivity index is 2.10. The number of ether oxygens (including phenoxy) is 1. The van der Waals surface area contributed by atoms with E-state index in [9.17, 15) is 4.39 Å². The third kappa shape index (κ3) is 4.20. The lowest BCUT2D eigenvalue weighted by atomic mass is 10.2. The molecule has 0 radical (unpaired) electrons. The topological polar surface area (TPSA) is 45.0 Å². The molecule has 0 unspecified atom stereocenters. The van der Waals surface area contributed by atoms with Crippen LogP contribution in [0.3, 0.4) is 0 Å². The van der Waals surface area contributed by atoms with E-state index in [1.807, 2.05) is 6.07 Å². The van der Waals surface area contributed by atoms with Gasteiger partial charge in [0.2, 0.25) is 0 Å². The largest absolute Gasteiger partial charge is 0.377 e. The van der Waals surface area contributed by atoms with Gasteiger partial charge in [0.15, 0.2) is 0 Å². The van der Waals surface area contributed by atoms with Crippen molar-refractivity contribution in [2.24, 2.45) is 5.92 Å². The SMILES string of the molecule is N#CCN[C@@H](COCCF)C1CC1. The van der Waals surface area contributed by atoms with Gasteiger partial charge in [0.05, 0.1) is 25.8 Å². The van der Waals surface area contributed by atoms with Gasteiger partial charge in [0.25, 0.3) is 0 Å². The van der Waals surface area contributed by atoms with Crippen LogP contribution in [0.5, 0.6) is 0 Å². The van der Waals surface area contributed by atoms with Gasteiger partial charge in [-0.05, 0) is 18.8 Å². The maximum absolute atomic E-state index is 11.7. The second-order valence-corrected chi connectivity index (χ2v) is 3.25. The van der Waals surface area contributed by atoms with Crippen molar-refractivity contribution in [1.29, 1.82) is 5.26 Å². The molecule has 13 heavy (non-hydrogen) atoms. The molecular formula is C9H15FN2O. The number of alkyl halides is 1. The number of hydrogen-bond acceptors (Lipinski definition) is 3. The summed E-state index contributed by atoms with van der Waals surface area (Å²) in [5.41, 5.74) is 0. The fourth-order valence-corrected chi connectivity index (χ4v) is 1.30. The summed E-state index contributed by atoms with van der Waals surface area (Å²) in [6, 6.07) is 2.27. The highest BCUT2D eigenvalue weighted by Gasteiger charge is 2.30. The molecule has 0 aromatic rings. The first-order valence-corrected chi connectivity index (χ1v) is 4.62. The molecule has 3 nitrogen and oxygen atoms in total. The Bertz CT molecular complexity index is 177. The van der Waals surface area contributed by atoms with Gasteiger partial charge in [-0.15, -0.1) is 0 Å². The quantitative estimate of drug-likeness (QED) is 0.474. The molecule has 1 atom stereocenters. The monoisotopic (exact) mass is 186 g/mol. The summed E-state index contributed by atoms with van der Waals surface area (Å²) in [6.07, 6.45) is 2.39. The minimum atomic E-state index is -0.435. The van der Waals surface area contributed by atoms with Crippen molar-refractivity contribution in [1.82, 2.24) is 5.32 Å². The first-order chi connectivity index (χ1) is 6.38. The Morgan fingerprint density at radius 2 is 2.38 bits per heavy atom. The number of nitrogens with one attached hydrogen (secondary N) is 1. The van der Waals surface area contributed by atoms with Crippen molar-refractivity contribution in [2.45, 2.75) is 18.9 Å². The molecule has 1 aliphatic rings. The third-order valence-corrected chi connectivity index (χ3v) is 2.15. The number of rotatable bonds is 7. The number of nitriles is 1. The minimum absolute atomic E-state index is 0.164. The van der Waals surface area contributed by atoms with Crippen LogP contribution in [-0.4, -0.2) is 32.5 Å². The average Bonchev–Trinajstić information content (AvgIpc) is 2.94. The lowest BCUT2D eigenvalue weighted by molar-refractivity contribution is 0.0945. The van der Waals surface area contributed by atoms with Crippen LogP contribution in [0.15, 0.2) is 0 Å². The fraction of sp³-hybridized carbons (Fsp3) is 0.889. The van der Waals surface area contributed by atoms with Crippen molar-refractivity contribution >= 4 is 0 Å². The summed E-state index contributed by atoms with van der Waals surface area (Å²) in [5, 5.41) is 11.5. The van der Waals surface area contributed by atoms with Crippen molar-refractivity contribution in [3.05, 3.63) is 0 Å². The number of hydrogen-bond donors (Lipinski definition) is 1. The van der Waals surface area contributed by atoms with Gasteiger partial charge in [0.1, 0.15) is 6.67 Å². The van der Waals surface area contributed by atoms with Crippen molar-refractivity contribution in [2.75, 3.05) is 26.4 Å². The van der Waals surface area contributed by atoms with Crippen LogP contribution in [0.1, 0.15) is 12.8 Å². The van der Waals surface area contributed by atoms with Gasteiger partial charge in [-0.1, -0.05) is 0 Å². The summed E-state index contributed by atoms with van der Waals surface area (Å²) in [7, 11) is 0. The van der Waals surface area contributed by atoms with Crippen molar-refractivity contribution in [3.8, 4) is 6.07 Å². The van der Waals surface area contributed by atoms with E-state index in [0.717, 1.165) is 0 Å². The van der Waals surface area contributed by atoms with E-state index in [0.29, 0.717) is 19.1 Å². The lowest BCUT2D eigenvalue weighted by Crippen LogP contribution is -2.35. The molecule has 1 saturated carbocycles. The van der Waals surface area contributed by atoms with Crippen LogP contribution < -0.4 is 5.32 Å². The van der Waals surface area contributed by atoms with Crippen LogP contribution >= 0.6 is 0 Å². The molecule has 0 spiro atoms. The Morgan fingerprint density at radius 1 is 1.62 bits per heavy atom. The van der Waals surface area contributed by atoms with Gasteiger partial charge in [-0.25, -0.2) is 4.39 Å². The third-order valence-electron chi connectivity index (χ3n) is 2.15. The Hall–Kier alpha value is -0.660. The van der Waals surface area contributed by atoms with E-state index < -0.39 is 6.67 Å². The van der Waals surface area contributed by atoms with Gasteiger partial charge in [-0.3, -0.25) is 5.32 Å². The molecule has 1 rings (SSSR count). The summed E-state index contributed by atoms with van der Waals surface area (Å²) in [4.78, 5) is 0. The lowest BCUT2D eigenvalue weighted by Gasteiger charge is -2.15. The second kappa shape index (κ2) is 5.90. The van der Waals surface area contributed by atoms with E-state index in [-0.39, 0.29) is 12.6 Å². The van der Waals surface area contributed by atoms with Gasteiger partial charge in [-0.2, -0.15) is 5.26 Å². The van der Waals surface area contributed by atoms with Crippen LogP contribution in [0, 0.1) is 17.2 Å². The van der Waals surface area contributed by atoms with Gasteiger partial charge in [0, 0.05) is 6.04 Å². The van der Waals surface area contributed by atoms with Gasteiger partial charge >= 0.3 is 0 Å². The highest BCUT2D eigenvalue weighted by atomic mass is 19.1. The van der Waals surface area contributed by atoms with Gasteiger partial charge < -0.3 is 4.74 Å². The molecule has 0 heterocycles. The smallest absolute Gasteiger partial charge is 0.113 e. The molecular weight excluding hydrogens is 171 g/mol. The van der Waals surface area contributed by atoms with E-state index in [2.05, 4.69) is 5.32 Å². The molecule has 1 fully saturated rings. The van der Waals surface area contributed by atoms with E-state index in [4.69, 9.17) is 10.00 Å². The molecule has 0 bridgehead atoms.